The van der Waals surface area contributed by atoms with Gasteiger partial charge in [0.25, 0.3) is 0 Å². The van der Waals surface area contributed by atoms with Crippen molar-refractivity contribution in [1.29, 1.82) is 0 Å². The highest BCUT2D eigenvalue weighted by molar-refractivity contribution is 5.68. The van der Waals surface area contributed by atoms with Crippen molar-refractivity contribution >= 4 is 6.09 Å². The second-order valence-electron chi connectivity index (χ2n) is 4.76. The van der Waals surface area contributed by atoms with Crippen LogP contribution in [0.3, 0.4) is 0 Å². The fraction of sp³-hybridized carbons (Fsp3) is 0.769. The number of ether oxygens (including phenoxy) is 1. The molecule has 0 aromatic heterocycles. The van der Waals surface area contributed by atoms with Crippen molar-refractivity contribution in [1.82, 2.24) is 4.90 Å². The van der Waals surface area contributed by atoms with Gasteiger partial charge in [0.2, 0.25) is 0 Å². The molecule has 0 spiro atoms. The Morgan fingerprint density at radius 1 is 1.12 bits per heavy atom. The lowest BCUT2D eigenvalue weighted by molar-refractivity contribution is 0.0265. The summed E-state index contributed by atoms with van der Waals surface area (Å²) in [6.07, 6.45) is 12.4. The summed E-state index contributed by atoms with van der Waals surface area (Å²) < 4.78 is 5.54. The minimum Gasteiger partial charge on any atom is -0.430 e. The summed E-state index contributed by atoms with van der Waals surface area (Å²) >= 11 is 0. The summed E-state index contributed by atoms with van der Waals surface area (Å²) in [6.45, 7) is 1.64. The third-order valence-corrected chi connectivity index (χ3v) is 3.57. The van der Waals surface area contributed by atoms with E-state index in [0.717, 1.165) is 51.6 Å². The molecule has 0 radical (unpaired) electrons. The first-order valence-corrected chi connectivity index (χ1v) is 6.21. The van der Waals surface area contributed by atoms with Gasteiger partial charge in [0.1, 0.15) is 0 Å². The van der Waals surface area contributed by atoms with E-state index in [2.05, 4.69) is 5.92 Å². The standard InChI is InChI=1S/C13H19NO2/c1-2-13(8-4-5-9-13)16-12(15)14-10-6-3-7-11-14/h1H,3-11H2. The van der Waals surface area contributed by atoms with Crippen LogP contribution >= 0.6 is 0 Å². The Kier molecular flexibility index (Phi) is 3.38. The Balaban J connectivity index is 1.92. The van der Waals surface area contributed by atoms with Gasteiger partial charge in [-0.05, 0) is 44.9 Å². The number of nitrogens with zero attached hydrogens (tertiary/aromatic N) is 1. The zero-order valence-electron chi connectivity index (χ0n) is 9.71. The molecular formula is C13H19NO2. The Labute approximate surface area is 97.1 Å². The second-order valence-corrected chi connectivity index (χ2v) is 4.76. The summed E-state index contributed by atoms with van der Waals surface area (Å²) in [5.41, 5.74) is -0.603. The Morgan fingerprint density at radius 2 is 1.75 bits per heavy atom. The molecule has 1 heterocycles. The van der Waals surface area contributed by atoms with Crippen LogP contribution in [0.2, 0.25) is 0 Å². The van der Waals surface area contributed by atoms with Gasteiger partial charge < -0.3 is 9.64 Å². The van der Waals surface area contributed by atoms with Gasteiger partial charge in [0.05, 0.1) is 0 Å². The zero-order chi connectivity index (χ0) is 11.4. The van der Waals surface area contributed by atoms with Crippen molar-refractivity contribution in [3.05, 3.63) is 0 Å². The lowest BCUT2D eigenvalue weighted by Gasteiger charge is -2.30. The maximum Gasteiger partial charge on any atom is 0.411 e. The predicted octanol–water partition coefficient (Wildman–Crippen LogP) is 2.55. The second kappa shape index (κ2) is 4.78. The summed E-state index contributed by atoms with van der Waals surface area (Å²) in [6, 6.07) is 0. The Hall–Kier alpha value is -1.17. The van der Waals surface area contributed by atoms with Crippen molar-refractivity contribution in [2.75, 3.05) is 13.1 Å². The van der Waals surface area contributed by atoms with Crippen molar-refractivity contribution in [2.45, 2.75) is 50.5 Å². The lowest BCUT2D eigenvalue weighted by Crippen LogP contribution is -2.41. The number of carbonyl (C=O) groups is 1. The van der Waals surface area contributed by atoms with Gasteiger partial charge in [-0.15, -0.1) is 6.42 Å². The number of hydrogen-bond donors (Lipinski definition) is 0. The number of carbonyl (C=O) groups excluding carboxylic acids is 1. The average molecular weight is 221 g/mol. The largest absolute Gasteiger partial charge is 0.430 e. The molecule has 0 N–H and O–H groups in total. The van der Waals surface area contributed by atoms with E-state index in [9.17, 15) is 4.79 Å². The summed E-state index contributed by atoms with van der Waals surface area (Å²) in [5.74, 6) is 2.68. The number of likely N-dealkylation sites (tertiary alicyclic amines) is 1. The monoisotopic (exact) mass is 221 g/mol. The van der Waals surface area contributed by atoms with Gasteiger partial charge in [-0.3, -0.25) is 0 Å². The van der Waals surface area contributed by atoms with Crippen LogP contribution in [0, 0.1) is 12.3 Å². The lowest BCUT2D eigenvalue weighted by atomic mass is 10.0. The molecule has 88 valence electrons. The minimum atomic E-state index is -0.603. The van der Waals surface area contributed by atoms with Crippen LogP contribution in [0.4, 0.5) is 4.79 Å². The normalized spacial score (nSPS) is 23.8. The quantitative estimate of drug-likeness (QED) is 0.637. The molecule has 1 amide bonds. The van der Waals surface area contributed by atoms with Crippen molar-refractivity contribution in [3.63, 3.8) is 0 Å². The first-order valence-electron chi connectivity index (χ1n) is 6.21. The molecule has 1 saturated heterocycles. The van der Waals surface area contributed by atoms with Crippen molar-refractivity contribution in [2.24, 2.45) is 0 Å². The van der Waals surface area contributed by atoms with Gasteiger partial charge in [-0.2, -0.15) is 0 Å². The van der Waals surface area contributed by atoms with Crippen LogP contribution in [0.5, 0.6) is 0 Å². The average Bonchev–Trinajstić information content (AvgIpc) is 2.79. The van der Waals surface area contributed by atoms with E-state index in [1.54, 1.807) is 4.90 Å². The van der Waals surface area contributed by atoms with Crippen LogP contribution in [0.15, 0.2) is 0 Å². The molecule has 2 rings (SSSR count). The predicted molar refractivity (Wildman–Crippen MR) is 61.9 cm³/mol. The Bertz CT molecular complexity index is 294. The molecule has 0 aromatic rings. The van der Waals surface area contributed by atoms with Crippen molar-refractivity contribution < 1.29 is 9.53 Å². The molecular weight excluding hydrogens is 202 g/mol. The fourth-order valence-corrected chi connectivity index (χ4v) is 2.53. The zero-order valence-corrected chi connectivity index (χ0v) is 9.71. The van der Waals surface area contributed by atoms with Gasteiger partial charge in [0, 0.05) is 13.1 Å². The van der Waals surface area contributed by atoms with Crippen LogP contribution in [-0.2, 0) is 4.74 Å². The van der Waals surface area contributed by atoms with Gasteiger partial charge in [0.15, 0.2) is 5.60 Å². The van der Waals surface area contributed by atoms with Crippen molar-refractivity contribution in [3.8, 4) is 12.3 Å². The van der Waals surface area contributed by atoms with Gasteiger partial charge in [-0.1, -0.05) is 5.92 Å². The number of amides is 1. The van der Waals surface area contributed by atoms with E-state index >= 15 is 0 Å². The van der Waals surface area contributed by atoms with Gasteiger partial charge >= 0.3 is 6.09 Å². The van der Waals surface area contributed by atoms with E-state index in [0.29, 0.717) is 0 Å². The molecule has 1 saturated carbocycles. The fourth-order valence-electron chi connectivity index (χ4n) is 2.53. The SMILES string of the molecule is C#CC1(OC(=O)N2CCCCC2)CCCC1. The summed E-state index contributed by atoms with van der Waals surface area (Å²) in [7, 11) is 0. The third-order valence-electron chi connectivity index (χ3n) is 3.57. The molecule has 16 heavy (non-hydrogen) atoms. The molecule has 1 aliphatic heterocycles. The summed E-state index contributed by atoms with van der Waals surface area (Å²) in [4.78, 5) is 13.7. The van der Waals surface area contributed by atoms with Crippen LogP contribution in [-0.4, -0.2) is 29.7 Å². The minimum absolute atomic E-state index is 0.209. The van der Waals surface area contributed by atoms with E-state index < -0.39 is 5.60 Å². The van der Waals surface area contributed by atoms with Crippen LogP contribution < -0.4 is 0 Å². The molecule has 1 aliphatic carbocycles. The molecule has 0 unspecified atom stereocenters. The highest BCUT2D eigenvalue weighted by Gasteiger charge is 2.37. The molecule has 0 aromatic carbocycles. The van der Waals surface area contributed by atoms with Crippen LogP contribution in [0.25, 0.3) is 0 Å². The van der Waals surface area contributed by atoms with E-state index in [1.807, 2.05) is 0 Å². The number of rotatable bonds is 1. The highest BCUT2D eigenvalue weighted by Crippen LogP contribution is 2.33. The molecule has 3 heteroatoms. The molecule has 2 fully saturated rings. The van der Waals surface area contributed by atoms with E-state index in [4.69, 9.17) is 11.2 Å². The maximum atomic E-state index is 11.9. The first-order chi connectivity index (χ1) is 7.76. The molecule has 2 aliphatic rings. The summed E-state index contributed by atoms with van der Waals surface area (Å²) in [5, 5.41) is 0. The molecule has 0 atom stereocenters. The molecule has 0 bridgehead atoms. The maximum absolute atomic E-state index is 11.9. The van der Waals surface area contributed by atoms with Crippen LogP contribution in [0.1, 0.15) is 44.9 Å². The Morgan fingerprint density at radius 3 is 2.31 bits per heavy atom. The number of hydrogen-bond acceptors (Lipinski definition) is 2. The van der Waals surface area contributed by atoms with Gasteiger partial charge in [-0.25, -0.2) is 4.79 Å². The van der Waals surface area contributed by atoms with E-state index in [1.165, 1.54) is 6.42 Å². The highest BCUT2D eigenvalue weighted by atomic mass is 16.6. The third kappa shape index (κ3) is 2.32. The first kappa shape index (κ1) is 11.3. The van der Waals surface area contributed by atoms with E-state index in [-0.39, 0.29) is 6.09 Å². The smallest absolute Gasteiger partial charge is 0.411 e. The number of piperidine rings is 1. The molecule has 3 nitrogen and oxygen atoms in total. The number of terminal acetylenes is 1. The topological polar surface area (TPSA) is 29.5 Å².